The third kappa shape index (κ3) is 2.38. The largest absolute Gasteiger partial charge is 0.453 e. The molecule has 94 valence electrons. The highest BCUT2D eigenvalue weighted by Gasteiger charge is 2.23. The van der Waals surface area contributed by atoms with Gasteiger partial charge in [0.1, 0.15) is 5.76 Å². The molecule has 1 aromatic heterocycles. The van der Waals surface area contributed by atoms with Crippen molar-refractivity contribution in [2.45, 2.75) is 31.8 Å². The van der Waals surface area contributed by atoms with Crippen LogP contribution in [0.1, 0.15) is 29.9 Å². The van der Waals surface area contributed by atoms with Crippen LogP contribution in [0.3, 0.4) is 0 Å². The van der Waals surface area contributed by atoms with Crippen LogP contribution in [-0.2, 0) is 12.8 Å². The summed E-state index contributed by atoms with van der Waals surface area (Å²) in [6.07, 6.45) is 2.23. The summed E-state index contributed by atoms with van der Waals surface area (Å²) in [5.74, 6) is 0.984. The van der Waals surface area contributed by atoms with E-state index in [9.17, 15) is 0 Å². The van der Waals surface area contributed by atoms with E-state index in [1.807, 2.05) is 12.1 Å². The summed E-state index contributed by atoms with van der Waals surface area (Å²) in [7, 11) is 0. The zero-order valence-electron chi connectivity index (χ0n) is 10.3. The van der Waals surface area contributed by atoms with Crippen LogP contribution >= 0.6 is 15.9 Å². The minimum Gasteiger partial charge on any atom is -0.453 e. The summed E-state index contributed by atoms with van der Waals surface area (Å²) in [4.78, 5) is 0. The summed E-state index contributed by atoms with van der Waals surface area (Å²) < 4.78 is 6.38. The van der Waals surface area contributed by atoms with Crippen molar-refractivity contribution in [3.8, 4) is 0 Å². The molecule has 0 fully saturated rings. The monoisotopic (exact) mass is 305 g/mol. The number of rotatable bonds is 3. The van der Waals surface area contributed by atoms with Gasteiger partial charge in [-0.15, -0.1) is 0 Å². The van der Waals surface area contributed by atoms with Crippen molar-refractivity contribution in [3.63, 3.8) is 0 Å². The molecule has 18 heavy (non-hydrogen) atoms. The average molecular weight is 306 g/mol. The normalized spacial score (nSPS) is 16.8. The van der Waals surface area contributed by atoms with Gasteiger partial charge in [-0.25, -0.2) is 0 Å². The first kappa shape index (κ1) is 12.0. The number of benzene rings is 1. The summed E-state index contributed by atoms with van der Waals surface area (Å²) in [6.45, 7) is 2.15. The van der Waals surface area contributed by atoms with Crippen LogP contribution < -0.4 is 5.32 Å². The average Bonchev–Trinajstić information content (AvgIpc) is 2.94. The predicted octanol–water partition coefficient (Wildman–Crippen LogP) is 3.86. The Morgan fingerprint density at radius 3 is 2.39 bits per heavy atom. The van der Waals surface area contributed by atoms with Crippen molar-refractivity contribution in [1.82, 2.24) is 5.32 Å². The van der Waals surface area contributed by atoms with Crippen LogP contribution in [0.5, 0.6) is 0 Å². The van der Waals surface area contributed by atoms with Gasteiger partial charge in [0.05, 0.1) is 6.04 Å². The van der Waals surface area contributed by atoms with Crippen LogP contribution in [0.15, 0.2) is 45.5 Å². The Labute approximate surface area is 116 Å². The molecule has 3 rings (SSSR count). The summed E-state index contributed by atoms with van der Waals surface area (Å²) >= 11 is 3.34. The van der Waals surface area contributed by atoms with Gasteiger partial charge >= 0.3 is 0 Å². The van der Waals surface area contributed by atoms with Crippen LogP contribution in [0.25, 0.3) is 0 Å². The fraction of sp³-hybridized carbons (Fsp3) is 0.333. The number of halogens is 1. The van der Waals surface area contributed by atoms with E-state index in [0.717, 1.165) is 23.3 Å². The van der Waals surface area contributed by atoms with Gasteiger partial charge in [0, 0.05) is 6.04 Å². The highest BCUT2D eigenvalue weighted by Crippen LogP contribution is 2.25. The van der Waals surface area contributed by atoms with Gasteiger partial charge in [0.15, 0.2) is 4.67 Å². The van der Waals surface area contributed by atoms with Gasteiger partial charge in [-0.1, -0.05) is 24.3 Å². The standard InChI is InChI=1S/C15H16BrNO/c1-10(14-6-7-15(16)18-14)17-13-8-11-4-2-3-5-12(11)9-13/h2-7,10,13,17H,8-9H2,1H3. The lowest BCUT2D eigenvalue weighted by Gasteiger charge is -2.17. The maximum Gasteiger partial charge on any atom is 0.169 e. The lowest BCUT2D eigenvalue weighted by molar-refractivity contribution is 0.385. The van der Waals surface area contributed by atoms with Crippen molar-refractivity contribution in [1.29, 1.82) is 0 Å². The van der Waals surface area contributed by atoms with Crippen molar-refractivity contribution < 1.29 is 4.42 Å². The second-order valence-electron chi connectivity index (χ2n) is 4.90. The lowest BCUT2D eigenvalue weighted by Crippen LogP contribution is -2.31. The van der Waals surface area contributed by atoms with E-state index >= 15 is 0 Å². The van der Waals surface area contributed by atoms with E-state index in [4.69, 9.17) is 4.42 Å². The maximum atomic E-state index is 5.59. The Balaban J connectivity index is 1.66. The highest BCUT2D eigenvalue weighted by molar-refractivity contribution is 9.10. The fourth-order valence-electron chi connectivity index (χ4n) is 2.67. The third-order valence-corrected chi connectivity index (χ3v) is 3.98. The summed E-state index contributed by atoms with van der Waals surface area (Å²) in [6, 6.07) is 13.4. The first-order valence-electron chi connectivity index (χ1n) is 6.30. The molecule has 0 saturated heterocycles. The first-order chi connectivity index (χ1) is 8.72. The van der Waals surface area contributed by atoms with E-state index in [1.165, 1.54) is 11.1 Å². The van der Waals surface area contributed by atoms with Crippen molar-refractivity contribution in [3.05, 3.63) is 58.0 Å². The molecule has 1 unspecified atom stereocenters. The molecule has 0 aliphatic heterocycles. The quantitative estimate of drug-likeness (QED) is 0.931. The van der Waals surface area contributed by atoms with E-state index in [2.05, 4.69) is 52.4 Å². The Morgan fingerprint density at radius 2 is 1.83 bits per heavy atom. The molecule has 0 amide bonds. The predicted molar refractivity (Wildman–Crippen MR) is 75.6 cm³/mol. The first-order valence-corrected chi connectivity index (χ1v) is 7.10. The minimum atomic E-state index is 0.246. The van der Waals surface area contributed by atoms with Crippen LogP contribution in [0.4, 0.5) is 0 Å². The second kappa shape index (κ2) is 4.90. The Bertz CT molecular complexity index is 524. The molecule has 1 heterocycles. The molecule has 3 heteroatoms. The van der Waals surface area contributed by atoms with Crippen LogP contribution in [0, 0.1) is 0 Å². The zero-order chi connectivity index (χ0) is 12.5. The van der Waals surface area contributed by atoms with E-state index in [0.29, 0.717) is 6.04 Å². The maximum absolute atomic E-state index is 5.59. The van der Waals surface area contributed by atoms with Gasteiger partial charge in [-0.05, 0) is 59.0 Å². The van der Waals surface area contributed by atoms with Crippen LogP contribution in [-0.4, -0.2) is 6.04 Å². The molecule has 1 atom stereocenters. The number of hydrogen-bond acceptors (Lipinski definition) is 2. The molecule has 0 bridgehead atoms. The molecule has 0 saturated carbocycles. The Kier molecular flexibility index (Phi) is 3.27. The van der Waals surface area contributed by atoms with Gasteiger partial charge in [-0.3, -0.25) is 0 Å². The molecule has 1 N–H and O–H groups in total. The molecule has 0 radical (unpaired) electrons. The van der Waals surface area contributed by atoms with E-state index in [-0.39, 0.29) is 6.04 Å². The minimum absolute atomic E-state index is 0.246. The van der Waals surface area contributed by atoms with Gasteiger partial charge in [0.25, 0.3) is 0 Å². The van der Waals surface area contributed by atoms with Gasteiger partial charge in [0.2, 0.25) is 0 Å². The molecule has 1 aliphatic carbocycles. The lowest BCUT2D eigenvalue weighted by atomic mass is 10.1. The summed E-state index contributed by atoms with van der Waals surface area (Å²) in [5, 5.41) is 3.64. The molecular formula is C15H16BrNO. The van der Waals surface area contributed by atoms with E-state index < -0.39 is 0 Å². The number of furan rings is 1. The molecule has 1 aromatic carbocycles. The van der Waals surface area contributed by atoms with Crippen molar-refractivity contribution in [2.75, 3.05) is 0 Å². The Hall–Kier alpha value is -1.06. The highest BCUT2D eigenvalue weighted by atomic mass is 79.9. The Morgan fingerprint density at radius 1 is 1.17 bits per heavy atom. The fourth-order valence-corrected chi connectivity index (χ4v) is 2.99. The molecular weight excluding hydrogens is 290 g/mol. The second-order valence-corrected chi connectivity index (χ2v) is 5.69. The van der Waals surface area contributed by atoms with Crippen molar-refractivity contribution >= 4 is 15.9 Å². The van der Waals surface area contributed by atoms with Crippen LogP contribution in [0.2, 0.25) is 0 Å². The zero-order valence-corrected chi connectivity index (χ0v) is 11.9. The van der Waals surface area contributed by atoms with Gasteiger partial charge in [-0.2, -0.15) is 0 Å². The van der Waals surface area contributed by atoms with E-state index in [1.54, 1.807) is 0 Å². The molecule has 0 spiro atoms. The number of fused-ring (bicyclic) bond motifs is 1. The van der Waals surface area contributed by atoms with Crippen molar-refractivity contribution in [2.24, 2.45) is 0 Å². The molecule has 2 aromatic rings. The molecule has 1 aliphatic rings. The number of hydrogen-bond donors (Lipinski definition) is 1. The number of nitrogens with one attached hydrogen (secondary N) is 1. The molecule has 2 nitrogen and oxygen atoms in total. The smallest absolute Gasteiger partial charge is 0.169 e. The van der Waals surface area contributed by atoms with Gasteiger partial charge < -0.3 is 9.73 Å². The topological polar surface area (TPSA) is 25.2 Å². The third-order valence-electron chi connectivity index (χ3n) is 3.56. The SMILES string of the molecule is CC(NC1Cc2ccccc2C1)c1ccc(Br)o1. The summed E-state index contributed by atoms with van der Waals surface area (Å²) in [5.41, 5.74) is 2.95.